The highest BCUT2D eigenvalue weighted by Gasteiger charge is 2.47. The molecule has 1 aromatic heterocycles. The molecule has 19 heavy (non-hydrogen) atoms. The van der Waals surface area contributed by atoms with E-state index < -0.39 is 10.7 Å². The van der Waals surface area contributed by atoms with Crippen LogP contribution < -0.4 is 5.32 Å². The normalized spacial score (nSPS) is 14.1. The number of hydrogen-bond acceptors (Lipinski definition) is 6. The molecule has 104 valence electrons. The summed E-state index contributed by atoms with van der Waals surface area (Å²) in [6, 6.07) is 3.31. The summed E-state index contributed by atoms with van der Waals surface area (Å²) in [5, 5.41) is 14.0. The second-order valence-corrected chi connectivity index (χ2v) is 4.24. The van der Waals surface area contributed by atoms with E-state index in [1.807, 2.05) is 0 Å². The zero-order chi connectivity index (χ0) is 14.5. The SMILES string of the molecule is CCN(Cc1ccc(Cl)nc1)C(C=O)(NC)[N+](=O)[O-]. The third-order valence-electron chi connectivity index (χ3n) is 2.84. The Hall–Kier alpha value is -1.57. The minimum atomic E-state index is -1.94. The maximum absolute atomic E-state index is 11.2. The largest absolute Gasteiger partial charge is 0.391 e. The number of halogens is 1. The van der Waals surface area contributed by atoms with E-state index in [2.05, 4.69) is 10.3 Å². The van der Waals surface area contributed by atoms with Crippen LogP contribution in [0, 0.1) is 10.1 Å². The first-order chi connectivity index (χ1) is 9.00. The Morgan fingerprint density at radius 3 is 2.68 bits per heavy atom. The van der Waals surface area contributed by atoms with E-state index in [9.17, 15) is 14.9 Å². The Morgan fingerprint density at radius 1 is 1.63 bits per heavy atom. The molecule has 0 radical (unpaired) electrons. The molecule has 1 rings (SSSR count). The Morgan fingerprint density at radius 2 is 2.32 bits per heavy atom. The van der Waals surface area contributed by atoms with Crippen LogP contribution in [0.3, 0.4) is 0 Å². The van der Waals surface area contributed by atoms with Crippen LogP contribution in [0.25, 0.3) is 0 Å². The van der Waals surface area contributed by atoms with Gasteiger partial charge in [0.25, 0.3) is 0 Å². The molecule has 8 heteroatoms. The van der Waals surface area contributed by atoms with Crippen LogP contribution in [0.4, 0.5) is 0 Å². The molecule has 1 N–H and O–H groups in total. The quantitative estimate of drug-likeness (QED) is 0.263. The molecule has 1 aromatic rings. The monoisotopic (exact) mass is 286 g/mol. The number of aromatic nitrogens is 1. The van der Waals surface area contributed by atoms with Gasteiger partial charge < -0.3 is 0 Å². The Kier molecular flexibility index (Phi) is 5.34. The highest BCUT2D eigenvalue weighted by Crippen LogP contribution is 2.15. The average Bonchev–Trinajstić information content (AvgIpc) is 2.41. The summed E-state index contributed by atoms with van der Waals surface area (Å²) in [6.07, 6.45) is 1.82. The second kappa shape index (κ2) is 6.55. The molecule has 1 atom stereocenters. The zero-order valence-electron chi connectivity index (χ0n) is 10.7. The van der Waals surface area contributed by atoms with Crippen molar-refractivity contribution in [1.82, 2.24) is 15.2 Å². The van der Waals surface area contributed by atoms with E-state index in [0.29, 0.717) is 18.0 Å². The first-order valence-corrected chi connectivity index (χ1v) is 6.03. The van der Waals surface area contributed by atoms with Gasteiger partial charge in [-0.05, 0) is 18.7 Å². The minimum absolute atomic E-state index is 0.210. The van der Waals surface area contributed by atoms with Gasteiger partial charge in [-0.2, -0.15) is 0 Å². The lowest BCUT2D eigenvalue weighted by Crippen LogP contribution is -2.63. The summed E-state index contributed by atoms with van der Waals surface area (Å²) in [5.74, 6) is -1.94. The Balaban J connectivity index is 3.01. The molecule has 0 aliphatic carbocycles. The topological polar surface area (TPSA) is 88.4 Å². The van der Waals surface area contributed by atoms with Crippen LogP contribution in [-0.2, 0) is 11.3 Å². The van der Waals surface area contributed by atoms with Crippen molar-refractivity contribution in [2.75, 3.05) is 13.6 Å². The van der Waals surface area contributed by atoms with Crippen molar-refractivity contribution >= 4 is 17.9 Å². The van der Waals surface area contributed by atoms with Gasteiger partial charge in [0, 0.05) is 19.3 Å². The smallest absolute Gasteiger partial charge is 0.292 e. The van der Waals surface area contributed by atoms with E-state index in [0.717, 1.165) is 5.56 Å². The van der Waals surface area contributed by atoms with Crippen LogP contribution in [0.1, 0.15) is 12.5 Å². The number of carbonyl (C=O) groups is 1. The van der Waals surface area contributed by atoms with E-state index in [1.165, 1.54) is 18.1 Å². The molecule has 7 nitrogen and oxygen atoms in total. The summed E-state index contributed by atoms with van der Waals surface area (Å²) in [5.41, 5.74) is 0.731. The van der Waals surface area contributed by atoms with Gasteiger partial charge in [0.1, 0.15) is 5.15 Å². The first kappa shape index (κ1) is 15.5. The molecule has 0 saturated heterocycles. The number of hydrogen-bond donors (Lipinski definition) is 1. The minimum Gasteiger partial charge on any atom is -0.292 e. The lowest BCUT2D eigenvalue weighted by Gasteiger charge is -2.30. The predicted molar refractivity (Wildman–Crippen MR) is 70.2 cm³/mol. The molecule has 0 aliphatic heterocycles. The number of likely N-dealkylation sites (N-methyl/N-ethyl adjacent to an activating group) is 2. The van der Waals surface area contributed by atoms with Gasteiger partial charge in [0.15, 0.2) is 0 Å². The summed E-state index contributed by atoms with van der Waals surface area (Å²) in [4.78, 5) is 27.0. The van der Waals surface area contributed by atoms with Crippen molar-refractivity contribution in [2.45, 2.75) is 19.3 Å². The summed E-state index contributed by atoms with van der Waals surface area (Å²) in [6.45, 7) is 2.27. The van der Waals surface area contributed by atoms with Crippen molar-refractivity contribution < 1.29 is 9.72 Å². The average molecular weight is 287 g/mol. The maximum Gasteiger partial charge on any atom is 0.391 e. The fourth-order valence-corrected chi connectivity index (χ4v) is 1.85. The molecule has 0 saturated carbocycles. The molecule has 1 heterocycles. The molecular weight excluding hydrogens is 272 g/mol. The zero-order valence-corrected chi connectivity index (χ0v) is 11.4. The summed E-state index contributed by atoms with van der Waals surface area (Å²) < 4.78 is 0. The third-order valence-corrected chi connectivity index (χ3v) is 3.06. The molecule has 0 aromatic carbocycles. The molecule has 0 spiro atoms. The van der Waals surface area contributed by atoms with Crippen molar-refractivity contribution in [3.05, 3.63) is 39.2 Å². The van der Waals surface area contributed by atoms with Crippen LogP contribution in [-0.4, -0.2) is 40.5 Å². The van der Waals surface area contributed by atoms with Crippen LogP contribution in [0.2, 0.25) is 5.15 Å². The molecule has 0 amide bonds. The number of nitrogens with zero attached hydrogens (tertiary/aromatic N) is 3. The van der Waals surface area contributed by atoms with Gasteiger partial charge in [0.2, 0.25) is 6.29 Å². The van der Waals surface area contributed by atoms with Crippen LogP contribution in [0.5, 0.6) is 0 Å². The number of aldehydes is 1. The Labute approximate surface area is 115 Å². The highest BCUT2D eigenvalue weighted by molar-refractivity contribution is 6.29. The fraction of sp³-hybridized carbons (Fsp3) is 0.455. The standard InChI is InChI=1S/C11H15ClN4O3/c1-3-15(11(8-17,13-2)16(18)19)7-9-4-5-10(12)14-6-9/h4-6,8,13H,3,7H2,1-2H3. The Bertz CT molecular complexity index is 454. The molecule has 0 aliphatic rings. The van der Waals surface area contributed by atoms with Crippen LogP contribution in [0.15, 0.2) is 18.3 Å². The third kappa shape index (κ3) is 3.25. The number of carbonyl (C=O) groups excluding carboxylic acids is 1. The highest BCUT2D eigenvalue weighted by atomic mass is 35.5. The van der Waals surface area contributed by atoms with Gasteiger partial charge >= 0.3 is 5.79 Å². The summed E-state index contributed by atoms with van der Waals surface area (Å²) in [7, 11) is 1.37. The maximum atomic E-state index is 11.2. The number of pyridine rings is 1. The van der Waals surface area contributed by atoms with E-state index >= 15 is 0 Å². The van der Waals surface area contributed by atoms with Gasteiger partial charge in [0.05, 0.1) is 4.92 Å². The second-order valence-electron chi connectivity index (χ2n) is 3.85. The lowest BCUT2D eigenvalue weighted by atomic mass is 10.2. The van der Waals surface area contributed by atoms with Crippen molar-refractivity contribution in [2.24, 2.45) is 0 Å². The number of rotatable bonds is 7. The molecule has 0 bridgehead atoms. The van der Waals surface area contributed by atoms with Gasteiger partial charge in [-0.25, -0.2) is 15.2 Å². The number of nitro groups is 1. The molecule has 0 fully saturated rings. The van der Waals surface area contributed by atoms with Crippen molar-refractivity contribution in [3.63, 3.8) is 0 Å². The fourth-order valence-electron chi connectivity index (χ4n) is 1.74. The van der Waals surface area contributed by atoms with E-state index in [4.69, 9.17) is 11.6 Å². The van der Waals surface area contributed by atoms with Gasteiger partial charge in [-0.3, -0.25) is 14.9 Å². The van der Waals surface area contributed by atoms with Gasteiger partial charge in [-0.1, -0.05) is 24.6 Å². The summed E-state index contributed by atoms with van der Waals surface area (Å²) >= 11 is 5.68. The van der Waals surface area contributed by atoms with E-state index in [1.54, 1.807) is 19.1 Å². The van der Waals surface area contributed by atoms with Crippen molar-refractivity contribution in [1.29, 1.82) is 0 Å². The van der Waals surface area contributed by atoms with Crippen molar-refractivity contribution in [3.8, 4) is 0 Å². The number of nitrogens with one attached hydrogen (secondary N) is 1. The first-order valence-electron chi connectivity index (χ1n) is 5.65. The lowest BCUT2D eigenvalue weighted by molar-refractivity contribution is -0.588. The molecular formula is C11H15ClN4O3. The predicted octanol–water partition coefficient (Wildman–Crippen LogP) is 0.906. The van der Waals surface area contributed by atoms with Gasteiger partial charge in [-0.15, -0.1) is 0 Å². The van der Waals surface area contributed by atoms with E-state index in [-0.39, 0.29) is 6.54 Å². The molecule has 1 unspecified atom stereocenters. The van der Waals surface area contributed by atoms with Crippen LogP contribution >= 0.6 is 11.6 Å².